The molecule has 1 aliphatic heterocycles. The zero-order chi connectivity index (χ0) is 20.8. The number of alkyl halides is 2. The van der Waals surface area contributed by atoms with Crippen LogP contribution in [-0.4, -0.2) is 18.3 Å². The first-order valence-electron chi connectivity index (χ1n) is 10.2. The molecule has 29 heavy (non-hydrogen) atoms. The predicted molar refractivity (Wildman–Crippen MR) is 116 cm³/mol. The highest BCUT2D eigenvalue weighted by Gasteiger charge is 2.45. The Hall–Kier alpha value is -1.75. The third-order valence-corrected chi connectivity index (χ3v) is 6.94. The van der Waals surface area contributed by atoms with Crippen LogP contribution in [0.5, 0.6) is 0 Å². The standard InChI is InChI=1S/C24H26BrF2NO/c1-15-9-18-14-28(20-5-3-19(25)4-6-20)8-7-22(18)16(2)23(15)11-21(29)10-17-12-24(26,27)13-17/h3-6,9,17H,7-8,10-14H2,1-2H3. The molecule has 0 unspecified atom stereocenters. The Labute approximate surface area is 179 Å². The summed E-state index contributed by atoms with van der Waals surface area (Å²) in [6.45, 7) is 5.99. The summed E-state index contributed by atoms with van der Waals surface area (Å²) in [5.74, 6) is -2.61. The fourth-order valence-electron chi connectivity index (χ4n) is 4.84. The van der Waals surface area contributed by atoms with Crippen LogP contribution in [0.15, 0.2) is 34.8 Å². The van der Waals surface area contributed by atoms with E-state index in [1.165, 1.54) is 22.4 Å². The van der Waals surface area contributed by atoms with E-state index in [9.17, 15) is 13.6 Å². The number of nitrogens with zero attached hydrogens (tertiary/aromatic N) is 1. The van der Waals surface area contributed by atoms with Gasteiger partial charge in [-0.25, -0.2) is 8.78 Å². The van der Waals surface area contributed by atoms with E-state index in [-0.39, 0.29) is 31.0 Å². The summed E-state index contributed by atoms with van der Waals surface area (Å²) in [7, 11) is 0. The topological polar surface area (TPSA) is 20.3 Å². The molecule has 1 fully saturated rings. The van der Waals surface area contributed by atoms with Crippen LogP contribution in [0, 0.1) is 19.8 Å². The Morgan fingerprint density at radius 2 is 1.90 bits per heavy atom. The SMILES string of the molecule is Cc1cc2c(c(C)c1CC(=O)CC1CC(F)(F)C1)CCN(c1ccc(Br)cc1)C2. The van der Waals surface area contributed by atoms with Crippen LogP contribution in [0.25, 0.3) is 0 Å². The van der Waals surface area contributed by atoms with E-state index in [1.807, 2.05) is 0 Å². The van der Waals surface area contributed by atoms with Gasteiger partial charge in [0.05, 0.1) is 0 Å². The maximum Gasteiger partial charge on any atom is 0.248 e. The fraction of sp³-hybridized carbons (Fsp3) is 0.458. The molecular weight excluding hydrogens is 436 g/mol. The molecule has 4 rings (SSSR count). The molecule has 0 radical (unpaired) electrons. The van der Waals surface area contributed by atoms with Crippen LogP contribution in [0.4, 0.5) is 14.5 Å². The van der Waals surface area contributed by atoms with E-state index in [2.05, 4.69) is 65.0 Å². The Morgan fingerprint density at radius 1 is 1.21 bits per heavy atom. The Balaban J connectivity index is 1.48. The van der Waals surface area contributed by atoms with Crippen molar-refractivity contribution in [1.29, 1.82) is 0 Å². The van der Waals surface area contributed by atoms with Crippen LogP contribution in [0.1, 0.15) is 47.1 Å². The number of Topliss-reactive ketones (excluding diaryl/α,β-unsaturated/α-hetero) is 1. The number of anilines is 1. The summed E-state index contributed by atoms with van der Waals surface area (Å²) < 4.78 is 27.2. The van der Waals surface area contributed by atoms with Gasteiger partial charge in [-0.05, 0) is 78.3 Å². The average molecular weight is 462 g/mol. The number of halogens is 3. The minimum atomic E-state index is -2.55. The van der Waals surface area contributed by atoms with Crippen molar-refractivity contribution in [2.45, 2.75) is 58.4 Å². The smallest absolute Gasteiger partial charge is 0.248 e. The third-order valence-electron chi connectivity index (χ3n) is 6.41. The van der Waals surface area contributed by atoms with Crippen molar-refractivity contribution in [3.8, 4) is 0 Å². The van der Waals surface area contributed by atoms with Gasteiger partial charge in [-0.1, -0.05) is 22.0 Å². The minimum absolute atomic E-state index is 0.0870. The Morgan fingerprint density at radius 3 is 2.55 bits per heavy atom. The molecule has 2 aromatic carbocycles. The molecule has 2 aliphatic rings. The van der Waals surface area contributed by atoms with E-state index >= 15 is 0 Å². The van der Waals surface area contributed by atoms with Crippen molar-refractivity contribution in [1.82, 2.24) is 0 Å². The van der Waals surface area contributed by atoms with Crippen LogP contribution in [0.2, 0.25) is 0 Å². The maximum absolute atomic E-state index is 13.0. The van der Waals surface area contributed by atoms with E-state index in [0.29, 0.717) is 6.42 Å². The van der Waals surface area contributed by atoms with Crippen molar-refractivity contribution in [3.05, 3.63) is 62.6 Å². The van der Waals surface area contributed by atoms with Crippen LogP contribution >= 0.6 is 15.9 Å². The second kappa shape index (κ2) is 7.82. The molecule has 1 saturated carbocycles. The fourth-order valence-corrected chi connectivity index (χ4v) is 5.10. The molecule has 0 amide bonds. The molecule has 2 aromatic rings. The second-order valence-corrected chi connectivity index (χ2v) is 9.55. The number of hydrogen-bond acceptors (Lipinski definition) is 2. The quantitative estimate of drug-likeness (QED) is 0.529. The lowest BCUT2D eigenvalue weighted by atomic mass is 9.77. The van der Waals surface area contributed by atoms with Crippen molar-refractivity contribution in [2.75, 3.05) is 11.4 Å². The number of fused-ring (bicyclic) bond motifs is 1. The summed E-state index contributed by atoms with van der Waals surface area (Å²) >= 11 is 3.49. The van der Waals surface area contributed by atoms with Gasteiger partial charge < -0.3 is 4.90 Å². The zero-order valence-corrected chi connectivity index (χ0v) is 18.5. The number of ketones is 1. The second-order valence-electron chi connectivity index (χ2n) is 8.63. The number of carbonyl (C=O) groups is 1. The van der Waals surface area contributed by atoms with Crippen molar-refractivity contribution in [3.63, 3.8) is 0 Å². The molecule has 1 aliphatic carbocycles. The minimum Gasteiger partial charge on any atom is -0.367 e. The molecular formula is C24H26BrF2NO. The molecule has 0 aromatic heterocycles. The number of aryl methyl sites for hydroxylation is 1. The van der Waals surface area contributed by atoms with E-state index in [4.69, 9.17) is 0 Å². The van der Waals surface area contributed by atoms with E-state index < -0.39 is 5.92 Å². The van der Waals surface area contributed by atoms with E-state index in [0.717, 1.165) is 35.1 Å². The third kappa shape index (κ3) is 4.40. The van der Waals surface area contributed by atoms with Gasteiger partial charge in [0.2, 0.25) is 5.92 Å². The molecule has 0 atom stereocenters. The van der Waals surface area contributed by atoms with Gasteiger partial charge in [-0.3, -0.25) is 4.79 Å². The highest BCUT2D eigenvalue weighted by atomic mass is 79.9. The van der Waals surface area contributed by atoms with Gasteiger partial charge in [0.25, 0.3) is 0 Å². The van der Waals surface area contributed by atoms with Crippen LogP contribution in [-0.2, 0) is 24.2 Å². The van der Waals surface area contributed by atoms with Crippen molar-refractivity contribution in [2.24, 2.45) is 5.92 Å². The largest absolute Gasteiger partial charge is 0.367 e. The van der Waals surface area contributed by atoms with Gasteiger partial charge >= 0.3 is 0 Å². The number of hydrogen-bond donors (Lipinski definition) is 0. The van der Waals surface area contributed by atoms with Gasteiger partial charge in [-0.2, -0.15) is 0 Å². The number of benzene rings is 2. The molecule has 1 heterocycles. The first kappa shape index (κ1) is 20.5. The molecule has 2 nitrogen and oxygen atoms in total. The molecule has 0 bridgehead atoms. The lowest BCUT2D eigenvalue weighted by Gasteiger charge is -2.34. The molecule has 0 spiro atoms. The Bertz CT molecular complexity index is 931. The van der Waals surface area contributed by atoms with E-state index in [1.54, 1.807) is 0 Å². The molecule has 5 heteroatoms. The normalized spacial score (nSPS) is 18.3. The van der Waals surface area contributed by atoms with Crippen molar-refractivity contribution < 1.29 is 13.6 Å². The highest BCUT2D eigenvalue weighted by molar-refractivity contribution is 9.10. The summed E-state index contributed by atoms with van der Waals surface area (Å²) in [5.41, 5.74) is 7.32. The predicted octanol–water partition coefficient (Wildman–Crippen LogP) is 6.18. The summed E-state index contributed by atoms with van der Waals surface area (Å²) in [5, 5.41) is 0. The summed E-state index contributed by atoms with van der Waals surface area (Å²) in [6, 6.07) is 10.6. The lowest BCUT2D eigenvalue weighted by molar-refractivity contribution is -0.131. The van der Waals surface area contributed by atoms with Gasteiger partial charge in [0.1, 0.15) is 5.78 Å². The Kier molecular flexibility index (Phi) is 5.54. The lowest BCUT2D eigenvalue weighted by Crippen LogP contribution is -2.36. The van der Waals surface area contributed by atoms with Crippen molar-refractivity contribution >= 4 is 27.4 Å². The molecule has 0 saturated heterocycles. The highest BCUT2D eigenvalue weighted by Crippen LogP contribution is 2.44. The van der Waals surface area contributed by atoms with Gasteiger partial charge in [-0.15, -0.1) is 0 Å². The van der Waals surface area contributed by atoms with Crippen LogP contribution < -0.4 is 4.90 Å². The summed E-state index contributed by atoms with van der Waals surface area (Å²) in [6.07, 6.45) is 1.33. The van der Waals surface area contributed by atoms with Gasteiger partial charge in [0, 0.05) is 48.9 Å². The number of carbonyl (C=O) groups excluding carboxylic acids is 1. The average Bonchev–Trinajstić information content (AvgIpc) is 2.64. The maximum atomic E-state index is 13.0. The molecule has 154 valence electrons. The number of rotatable bonds is 5. The monoisotopic (exact) mass is 461 g/mol. The van der Waals surface area contributed by atoms with Gasteiger partial charge in [0.15, 0.2) is 0 Å². The summed E-state index contributed by atoms with van der Waals surface area (Å²) in [4.78, 5) is 14.9. The van der Waals surface area contributed by atoms with Crippen LogP contribution in [0.3, 0.4) is 0 Å². The molecule has 0 N–H and O–H groups in total. The zero-order valence-electron chi connectivity index (χ0n) is 16.9. The first-order chi connectivity index (χ1) is 13.7. The first-order valence-corrected chi connectivity index (χ1v) is 11.0.